The quantitative estimate of drug-likeness (QED) is 0.466. The summed E-state index contributed by atoms with van der Waals surface area (Å²) in [5.41, 5.74) is 0.661. The average molecular weight is 520 g/mol. The molecule has 8 nitrogen and oxygen atoms in total. The highest BCUT2D eigenvalue weighted by Crippen LogP contribution is 2.35. The summed E-state index contributed by atoms with van der Waals surface area (Å²) in [7, 11) is -0.801. The van der Waals surface area contributed by atoms with E-state index in [1.165, 1.54) is 39.9 Å². The van der Waals surface area contributed by atoms with E-state index in [-0.39, 0.29) is 18.0 Å². The van der Waals surface area contributed by atoms with Crippen LogP contribution in [0.4, 0.5) is 0 Å². The Morgan fingerprint density at radius 2 is 1.88 bits per heavy atom. The van der Waals surface area contributed by atoms with Crippen LogP contribution in [0.5, 0.6) is 11.5 Å². The van der Waals surface area contributed by atoms with Gasteiger partial charge in [0, 0.05) is 11.6 Å². The molecule has 4 rings (SSSR count). The maximum Gasteiger partial charge on any atom is 0.266 e. The number of terminal acetylenes is 1. The number of hydrogen-bond donors (Lipinski definition) is 0. The first kappa shape index (κ1) is 24.3. The summed E-state index contributed by atoms with van der Waals surface area (Å²) in [6.07, 6.45) is 6.52. The van der Waals surface area contributed by atoms with Crippen molar-refractivity contribution in [3.63, 3.8) is 0 Å². The second-order valence-corrected chi connectivity index (χ2v) is 10.8. The minimum Gasteiger partial charge on any atom is -0.495 e. The molecule has 1 amide bonds. The van der Waals surface area contributed by atoms with Gasteiger partial charge in [-0.25, -0.2) is 8.42 Å². The van der Waals surface area contributed by atoms with Gasteiger partial charge in [0.2, 0.25) is 10.0 Å². The van der Waals surface area contributed by atoms with Gasteiger partial charge in [0.15, 0.2) is 4.80 Å². The number of sulfonamides is 1. The molecule has 0 bridgehead atoms. The number of methoxy groups -OCH3 is 2. The van der Waals surface area contributed by atoms with Crippen molar-refractivity contribution in [2.24, 2.45) is 4.99 Å². The molecule has 1 fully saturated rings. The molecule has 1 unspecified atom stereocenters. The van der Waals surface area contributed by atoms with Crippen LogP contribution in [0.2, 0.25) is 5.02 Å². The highest BCUT2D eigenvalue weighted by molar-refractivity contribution is 7.89. The van der Waals surface area contributed by atoms with E-state index in [0.717, 1.165) is 4.70 Å². The summed E-state index contributed by atoms with van der Waals surface area (Å²) in [6, 6.07) is 8.48. The van der Waals surface area contributed by atoms with Crippen LogP contribution in [0.3, 0.4) is 0 Å². The van der Waals surface area contributed by atoms with E-state index < -0.39 is 22.0 Å². The molecule has 1 saturated heterocycles. The first-order chi connectivity index (χ1) is 16.3. The number of amides is 1. The number of benzene rings is 2. The van der Waals surface area contributed by atoms with E-state index in [2.05, 4.69) is 10.9 Å². The van der Waals surface area contributed by atoms with Crippen molar-refractivity contribution < 1.29 is 22.7 Å². The van der Waals surface area contributed by atoms with Gasteiger partial charge in [0.25, 0.3) is 5.91 Å². The van der Waals surface area contributed by atoms with Gasteiger partial charge in [-0.1, -0.05) is 28.9 Å². The number of hydrogen-bond acceptors (Lipinski definition) is 6. The topological polar surface area (TPSA) is 90.2 Å². The Hall–Kier alpha value is -2.84. The molecule has 2 heterocycles. The average Bonchev–Trinajstić information content (AvgIpc) is 3.45. The molecule has 0 spiro atoms. The fraction of sp³-hybridized carbons (Fsp3) is 0.304. The van der Waals surface area contributed by atoms with Crippen molar-refractivity contribution >= 4 is 49.1 Å². The van der Waals surface area contributed by atoms with Crippen LogP contribution in [-0.4, -0.2) is 50.0 Å². The number of ether oxygens (including phenoxy) is 2. The third kappa shape index (κ3) is 4.32. The molecule has 0 saturated carbocycles. The van der Waals surface area contributed by atoms with Crippen LogP contribution in [0.15, 0.2) is 46.3 Å². The lowest BCUT2D eigenvalue weighted by Crippen LogP contribution is -2.40. The predicted molar refractivity (Wildman–Crippen MR) is 131 cm³/mol. The summed E-state index contributed by atoms with van der Waals surface area (Å²) in [5.74, 6) is 3.18. The van der Waals surface area contributed by atoms with Crippen LogP contribution in [0.25, 0.3) is 10.2 Å². The number of fused-ring (bicyclic) bond motifs is 1. The van der Waals surface area contributed by atoms with Crippen molar-refractivity contribution in [3.8, 4) is 23.8 Å². The van der Waals surface area contributed by atoms with Gasteiger partial charge >= 0.3 is 0 Å². The highest BCUT2D eigenvalue weighted by Gasteiger charge is 2.39. The summed E-state index contributed by atoms with van der Waals surface area (Å²) in [5, 5.41) is 0.427. The van der Waals surface area contributed by atoms with E-state index in [9.17, 15) is 13.2 Å². The smallest absolute Gasteiger partial charge is 0.266 e. The Bertz CT molecular complexity index is 1450. The van der Waals surface area contributed by atoms with Crippen LogP contribution in [0, 0.1) is 12.3 Å². The molecule has 0 aliphatic carbocycles. The molecule has 3 aromatic rings. The summed E-state index contributed by atoms with van der Waals surface area (Å²) < 4.78 is 41.0. The monoisotopic (exact) mass is 519 g/mol. The van der Waals surface area contributed by atoms with E-state index in [1.807, 2.05) is 0 Å². The van der Waals surface area contributed by atoms with E-state index in [4.69, 9.17) is 27.5 Å². The Balaban J connectivity index is 1.79. The maximum absolute atomic E-state index is 13.3. The molecule has 2 aromatic carbocycles. The minimum absolute atomic E-state index is 0.0790. The molecular weight excluding hydrogens is 498 g/mol. The molecule has 34 heavy (non-hydrogen) atoms. The fourth-order valence-electron chi connectivity index (χ4n) is 3.96. The molecule has 0 N–H and O–H groups in total. The molecular formula is C23H22ClN3O5S2. The summed E-state index contributed by atoms with van der Waals surface area (Å²) >= 11 is 7.13. The van der Waals surface area contributed by atoms with Crippen molar-refractivity contribution in [3.05, 3.63) is 46.2 Å². The van der Waals surface area contributed by atoms with Crippen LogP contribution < -0.4 is 14.3 Å². The number of aromatic nitrogens is 1. The molecule has 1 aliphatic heterocycles. The van der Waals surface area contributed by atoms with Gasteiger partial charge in [-0.3, -0.25) is 4.79 Å². The second-order valence-electron chi connectivity index (χ2n) is 7.50. The largest absolute Gasteiger partial charge is 0.495 e. The number of halogens is 1. The van der Waals surface area contributed by atoms with Crippen molar-refractivity contribution in [2.75, 3.05) is 20.8 Å². The number of carbonyl (C=O) groups excluding carboxylic acids is 1. The minimum atomic E-state index is -3.89. The summed E-state index contributed by atoms with van der Waals surface area (Å²) in [6.45, 7) is 0.377. The number of thiazole rings is 1. The number of rotatable bonds is 6. The van der Waals surface area contributed by atoms with Gasteiger partial charge in [-0.05, 0) is 49.2 Å². The van der Waals surface area contributed by atoms with Crippen LogP contribution in [0.1, 0.15) is 12.8 Å². The second kappa shape index (κ2) is 9.80. The van der Waals surface area contributed by atoms with Crippen molar-refractivity contribution in [1.29, 1.82) is 0 Å². The zero-order valence-corrected chi connectivity index (χ0v) is 20.9. The van der Waals surface area contributed by atoms with Crippen molar-refractivity contribution in [1.82, 2.24) is 8.87 Å². The Morgan fingerprint density at radius 1 is 1.21 bits per heavy atom. The molecule has 1 atom stereocenters. The molecule has 0 radical (unpaired) electrons. The lowest BCUT2D eigenvalue weighted by Gasteiger charge is -2.21. The molecule has 11 heteroatoms. The molecule has 1 aromatic heterocycles. The van der Waals surface area contributed by atoms with E-state index in [0.29, 0.717) is 39.7 Å². The lowest BCUT2D eigenvalue weighted by atomic mass is 10.2. The van der Waals surface area contributed by atoms with Gasteiger partial charge < -0.3 is 14.0 Å². The predicted octanol–water partition coefficient (Wildman–Crippen LogP) is 3.29. The third-order valence-corrected chi connectivity index (χ3v) is 8.82. The van der Waals surface area contributed by atoms with E-state index >= 15 is 0 Å². The van der Waals surface area contributed by atoms with Gasteiger partial charge in [0.05, 0.1) is 25.7 Å². The number of nitrogens with zero attached hydrogens (tertiary/aromatic N) is 3. The molecule has 1 aliphatic rings. The zero-order chi connectivity index (χ0) is 24.5. The Morgan fingerprint density at radius 3 is 2.53 bits per heavy atom. The third-order valence-electron chi connectivity index (χ3n) is 5.56. The first-order valence-corrected chi connectivity index (χ1v) is 13.0. The Labute approximate surface area is 206 Å². The summed E-state index contributed by atoms with van der Waals surface area (Å²) in [4.78, 5) is 18.0. The first-order valence-electron chi connectivity index (χ1n) is 10.4. The van der Waals surface area contributed by atoms with Gasteiger partial charge in [-0.2, -0.15) is 9.30 Å². The zero-order valence-electron chi connectivity index (χ0n) is 18.5. The maximum atomic E-state index is 13.3. The molecule has 178 valence electrons. The van der Waals surface area contributed by atoms with Crippen molar-refractivity contribution in [2.45, 2.75) is 30.3 Å². The highest BCUT2D eigenvalue weighted by atomic mass is 35.5. The SMILES string of the molecule is C#CCn1c(=NC(=O)C2CCCN2S(=O)(=O)c2ccc(Cl)cc2)sc2c(OC)ccc(OC)c21. The van der Waals surface area contributed by atoms with E-state index in [1.54, 1.807) is 30.9 Å². The Kier molecular flexibility index (Phi) is 7.00. The van der Waals surface area contributed by atoms with Crippen LogP contribution in [-0.2, 0) is 21.4 Å². The van der Waals surface area contributed by atoms with Gasteiger partial charge in [0.1, 0.15) is 27.8 Å². The number of carbonyl (C=O) groups is 1. The lowest BCUT2D eigenvalue weighted by molar-refractivity contribution is -0.121. The standard InChI is InChI=1S/C23H22ClN3O5S2/c1-4-13-26-20-18(31-2)11-12-19(32-3)21(20)33-23(26)25-22(28)17-6-5-14-27(17)34(29,30)16-9-7-15(24)8-10-16/h1,7-12,17H,5-6,13-14H2,2-3H3. The normalized spacial score (nSPS) is 17.1. The van der Waals surface area contributed by atoms with Crippen LogP contribution >= 0.6 is 22.9 Å². The fourth-order valence-corrected chi connectivity index (χ4v) is 6.88. The van der Waals surface area contributed by atoms with Gasteiger partial charge in [-0.15, -0.1) is 6.42 Å².